The van der Waals surface area contributed by atoms with Crippen LogP contribution in [-0.2, 0) is 10.8 Å². The molecule has 1 aromatic heterocycles. The molecule has 0 radical (unpaired) electrons. The minimum Gasteiger partial charge on any atom is -0.310 e. The van der Waals surface area contributed by atoms with Crippen molar-refractivity contribution in [3.05, 3.63) is 299 Å². The molecular weight excluding hydrogens is 845 g/mol. The molecule has 0 bridgehead atoms. The quantitative estimate of drug-likeness (QED) is 0.171. The van der Waals surface area contributed by atoms with Crippen LogP contribution in [0.25, 0.3) is 72.0 Å². The van der Waals surface area contributed by atoms with Crippen LogP contribution in [-0.4, -0.2) is 4.57 Å². The van der Waals surface area contributed by atoms with E-state index in [9.17, 15) is 0 Å². The van der Waals surface area contributed by atoms with E-state index in [0.717, 1.165) is 17.1 Å². The van der Waals surface area contributed by atoms with Crippen molar-refractivity contribution >= 4 is 38.9 Å². The standard InChI is InChI=1S/C68H42N2/c1-2-18-43(19-3-1)44-20-16-21-45(40-44)69(46-36-38-53-52-26-8-12-31-58(52)67(62(53)41-46)56-29-10-4-22-48(56)49-23-5-11-30-57(49)67)47-37-39-65-63(42-47)68(59-32-13-6-24-50(59)51-25-7-14-33-60(51)68)61-34-17-28-55-54-27-9-15-35-64(54)70(65)66(55)61/h1-42H. The van der Waals surface area contributed by atoms with Crippen molar-refractivity contribution in [3.63, 3.8) is 0 Å². The molecule has 2 nitrogen and oxygen atoms in total. The van der Waals surface area contributed by atoms with Gasteiger partial charge in [-0.3, -0.25) is 0 Å². The van der Waals surface area contributed by atoms with Crippen molar-refractivity contribution in [1.82, 2.24) is 4.57 Å². The molecule has 0 amide bonds. The summed E-state index contributed by atoms with van der Waals surface area (Å²) < 4.78 is 2.56. The molecular formula is C68H42N2. The van der Waals surface area contributed by atoms with E-state index in [-0.39, 0.29) is 0 Å². The fraction of sp³-hybridized carbons (Fsp3) is 0.0294. The second kappa shape index (κ2) is 13.8. The number of fused-ring (bicyclic) bond motifs is 22. The van der Waals surface area contributed by atoms with Crippen LogP contribution in [0.4, 0.5) is 17.1 Å². The van der Waals surface area contributed by atoms with E-state index < -0.39 is 10.8 Å². The van der Waals surface area contributed by atoms with Gasteiger partial charge >= 0.3 is 0 Å². The van der Waals surface area contributed by atoms with Crippen molar-refractivity contribution in [2.45, 2.75) is 10.8 Å². The minimum atomic E-state index is -0.582. The predicted octanol–water partition coefficient (Wildman–Crippen LogP) is 16.9. The van der Waals surface area contributed by atoms with Crippen molar-refractivity contribution in [1.29, 1.82) is 0 Å². The lowest BCUT2D eigenvalue weighted by atomic mass is 9.65. The van der Waals surface area contributed by atoms with Gasteiger partial charge in [0, 0.05) is 27.8 Å². The highest BCUT2D eigenvalue weighted by Gasteiger charge is 2.53. The molecule has 0 saturated carbocycles. The topological polar surface area (TPSA) is 8.17 Å². The van der Waals surface area contributed by atoms with E-state index in [1.165, 1.54) is 117 Å². The zero-order valence-electron chi connectivity index (χ0n) is 38.1. The smallest absolute Gasteiger partial charge is 0.0755 e. The minimum absolute atomic E-state index is 0.478. The van der Waals surface area contributed by atoms with Gasteiger partial charge in [-0.1, -0.05) is 206 Å². The third-order valence-corrected chi connectivity index (χ3v) is 16.4. The van der Waals surface area contributed by atoms with Crippen LogP contribution in [0, 0.1) is 0 Å². The van der Waals surface area contributed by atoms with Crippen LogP contribution in [0.5, 0.6) is 0 Å². The first-order valence-corrected chi connectivity index (χ1v) is 24.5. The maximum Gasteiger partial charge on any atom is 0.0755 e. The second-order valence-electron chi connectivity index (χ2n) is 19.5. The van der Waals surface area contributed by atoms with Gasteiger partial charge in [-0.25, -0.2) is 0 Å². The Balaban J connectivity index is 1.01. The number of benzene rings is 11. The van der Waals surface area contributed by atoms with E-state index in [4.69, 9.17) is 0 Å². The van der Waals surface area contributed by atoms with Gasteiger partial charge in [0.1, 0.15) is 0 Å². The lowest BCUT2D eigenvalue weighted by Gasteiger charge is -2.40. The lowest BCUT2D eigenvalue weighted by Crippen LogP contribution is -2.33. The Morgan fingerprint density at radius 3 is 1.31 bits per heavy atom. The number of para-hydroxylation sites is 2. The molecule has 4 aliphatic rings. The van der Waals surface area contributed by atoms with Crippen LogP contribution < -0.4 is 4.90 Å². The molecule has 324 valence electrons. The summed E-state index contributed by atoms with van der Waals surface area (Å²) in [5.74, 6) is 0. The second-order valence-corrected chi connectivity index (χ2v) is 19.5. The van der Waals surface area contributed by atoms with E-state index >= 15 is 0 Å². The lowest BCUT2D eigenvalue weighted by molar-refractivity contribution is 0.748. The molecule has 0 unspecified atom stereocenters. The molecule has 3 aliphatic carbocycles. The molecule has 0 saturated heterocycles. The van der Waals surface area contributed by atoms with Crippen molar-refractivity contribution in [3.8, 4) is 50.2 Å². The summed E-state index contributed by atoms with van der Waals surface area (Å²) in [6, 6.07) is 96.1. The molecule has 2 spiro atoms. The van der Waals surface area contributed by atoms with Gasteiger partial charge in [0.2, 0.25) is 0 Å². The average Bonchev–Trinajstić information content (AvgIpc) is 4.12. The van der Waals surface area contributed by atoms with Crippen LogP contribution in [0.2, 0.25) is 0 Å². The maximum absolute atomic E-state index is 2.56. The number of aromatic nitrogens is 1. The van der Waals surface area contributed by atoms with Gasteiger partial charge < -0.3 is 9.47 Å². The number of nitrogens with zero attached hydrogens (tertiary/aromatic N) is 2. The van der Waals surface area contributed by atoms with Gasteiger partial charge in [-0.2, -0.15) is 0 Å². The Morgan fingerprint density at radius 2 is 0.700 bits per heavy atom. The van der Waals surface area contributed by atoms with Gasteiger partial charge in [0.25, 0.3) is 0 Å². The van der Waals surface area contributed by atoms with E-state index in [1.807, 2.05) is 0 Å². The molecule has 0 fully saturated rings. The Labute approximate surface area is 406 Å². The molecule has 2 heterocycles. The fourth-order valence-electron chi connectivity index (χ4n) is 13.8. The Bertz CT molecular complexity index is 4100. The first-order valence-electron chi connectivity index (χ1n) is 24.5. The largest absolute Gasteiger partial charge is 0.310 e. The average molecular weight is 887 g/mol. The summed E-state index contributed by atoms with van der Waals surface area (Å²) in [6.07, 6.45) is 0. The summed E-state index contributed by atoms with van der Waals surface area (Å²) in [5.41, 5.74) is 26.7. The Kier molecular flexibility index (Phi) is 7.51. The van der Waals surface area contributed by atoms with Gasteiger partial charge in [0.15, 0.2) is 0 Å². The normalized spacial score (nSPS) is 14.2. The first kappa shape index (κ1) is 38.0. The molecule has 2 heteroatoms. The monoisotopic (exact) mass is 886 g/mol. The van der Waals surface area contributed by atoms with Crippen molar-refractivity contribution < 1.29 is 0 Å². The summed E-state index contributed by atoms with van der Waals surface area (Å²) in [4.78, 5) is 2.53. The first-order chi connectivity index (χ1) is 34.7. The van der Waals surface area contributed by atoms with E-state index in [1.54, 1.807) is 0 Å². The Morgan fingerprint density at radius 1 is 0.271 bits per heavy atom. The van der Waals surface area contributed by atoms with Crippen LogP contribution in [0.3, 0.4) is 0 Å². The molecule has 70 heavy (non-hydrogen) atoms. The molecule has 1 aliphatic heterocycles. The van der Waals surface area contributed by atoms with E-state index in [0.29, 0.717) is 0 Å². The molecule has 12 aromatic rings. The summed E-state index contributed by atoms with van der Waals surface area (Å²) >= 11 is 0. The predicted molar refractivity (Wildman–Crippen MR) is 288 cm³/mol. The molecule has 16 rings (SSSR count). The summed E-state index contributed by atoms with van der Waals surface area (Å²) in [7, 11) is 0. The van der Waals surface area contributed by atoms with Crippen molar-refractivity contribution in [2.24, 2.45) is 0 Å². The van der Waals surface area contributed by atoms with Gasteiger partial charge in [-0.15, -0.1) is 0 Å². The molecule has 11 aromatic carbocycles. The summed E-state index contributed by atoms with van der Waals surface area (Å²) in [6.45, 7) is 0. The SMILES string of the molecule is c1ccc(-c2cccc(N(c3ccc4c(c3)C3(c5ccccc5-c5ccccc53)c3ccccc3-4)c3ccc4c(c3)C3(c5ccccc5-c5ccccc53)c3cccc5c6ccccc6n-4c35)c2)cc1. The van der Waals surface area contributed by atoms with Gasteiger partial charge in [0.05, 0.1) is 27.6 Å². The van der Waals surface area contributed by atoms with E-state index in [2.05, 4.69) is 264 Å². The number of anilines is 3. The highest BCUT2D eigenvalue weighted by atomic mass is 15.1. The van der Waals surface area contributed by atoms with Crippen molar-refractivity contribution in [2.75, 3.05) is 4.90 Å². The van der Waals surface area contributed by atoms with Crippen LogP contribution >= 0.6 is 0 Å². The molecule has 0 N–H and O–H groups in total. The van der Waals surface area contributed by atoms with Crippen LogP contribution in [0.15, 0.2) is 255 Å². The maximum atomic E-state index is 2.56. The fourth-order valence-corrected chi connectivity index (χ4v) is 13.8. The Hall–Kier alpha value is -8.98. The number of hydrogen-bond acceptors (Lipinski definition) is 1. The van der Waals surface area contributed by atoms with Gasteiger partial charge in [-0.05, 0) is 138 Å². The molecule has 0 atom stereocenters. The third kappa shape index (κ3) is 4.64. The number of hydrogen-bond donors (Lipinski definition) is 0. The summed E-state index contributed by atoms with van der Waals surface area (Å²) in [5, 5.41) is 2.56. The highest BCUT2D eigenvalue weighted by Crippen LogP contribution is 2.65. The number of rotatable bonds is 4. The highest BCUT2D eigenvalue weighted by molar-refractivity contribution is 6.13. The third-order valence-electron chi connectivity index (χ3n) is 16.4. The zero-order valence-corrected chi connectivity index (χ0v) is 38.1. The zero-order chi connectivity index (χ0) is 45.7. The van der Waals surface area contributed by atoms with Crippen LogP contribution in [0.1, 0.15) is 44.5 Å².